The van der Waals surface area contributed by atoms with Gasteiger partial charge in [0.15, 0.2) is 5.69 Å². The highest BCUT2D eigenvalue weighted by molar-refractivity contribution is 7.09. The van der Waals surface area contributed by atoms with E-state index in [1.54, 1.807) is 11.3 Å². The van der Waals surface area contributed by atoms with E-state index in [1.807, 2.05) is 29.1 Å². The lowest BCUT2D eigenvalue weighted by molar-refractivity contribution is -0.684. The number of carbonyl (C=O) groups is 1. The number of unbranched alkanes of at least 4 members (excludes halogenated alkanes) is 2. The highest BCUT2D eigenvalue weighted by Gasteiger charge is 2.19. The van der Waals surface area contributed by atoms with Gasteiger partial charge in [0.25, 0.3) is 0 Å². The second-order valence-corrected chi connectivity index (χ2v) is 6.85. The monoisotopic (exact) mass is 332 g/mol. The van der Waals surface area contributed by atoms with Crippen LogP contribution in [0.25, 0.3) is 0 Å². The van der Waals surface area contributed by atoms with E-state index >= 15 is 0 Å². The molecule has 2 aromatic rings. The molecule has 0 bridgehead atoms. The minimum absolute atomic E-state index is 0.131. The predicted molar refractivity (Wildman–Crippen MR) is 94.0 cm³/mol. The van der Waals surface area contributed by atoms with E-state index in [9.17, 15) is 4.79 Å². The molecule has 0 aliphatic heterocycles. The lowest BCUT2D eigenvalue weighted by atomic mass is 10.0. The van der Waals surface area contributed by atoms with E-state index in [-0.39, 0.29) is 12.4 Å². The van der Waals surface area contributed by atoms with Crippen LogP contribution in [0.15, 0.2) is 29.8 Å². The number of hydrogen-bond donors (Lipinski definition) is 1. The van der Waals surface area contributed by atoms with Crippen molar-refractivity contribution >= 4 is 17.1 Å². The second kappa shape index (κ2) is 8.94. The number of nitrogens with zero attached hydrogens (tertiary/aromatic N) is 1. The first-order chi connectivity index (χ1) is 11.2. The minimum atomic E-state index is 0.131. The van der Waals surface area contributed by atoms with Gasteiger partial charge in [0.05, 0.1) is 4.88 Å². The Bertz CT molecular complexity index is 631. The highest BCUT2D eigenvalue weighted by atomic mass is 32.1. The summed E-state index contributed by atoms with van der Waals surface area (Å²) in [7, 11) is 0. The minimum Gasteiger partial charge on any atom is -0.396 e. The zero-order chi connectivity index (χ0) is 16.7. The molecule has 1 aromatic heterocycles. The number of Topliss-reactive ketones (excluding diaryl/α,β-unsaturated/α-hetero) is 1. The number of carbonyl (C=O) groups excluding carboxylic acids is 1. The van der Waals surface area contributed by atoms with Crippen molar-refractivity contribution in [3.8, 4) is 0 Å². The SMILES string of the molecule is CCCCCc1ccc(C(=O)C[n+]2csc(CCO)c2C)cc1. The molecule has 3 nitrogen and oxygen atoms in total. The van der Waals surface area contributed by atoms with Crippen LogP contribution in [0, 0.1) is 6.92 Å². The van der Waals surface area contributed by atoms with Crippen LogP contribution in [0.2, 0.25) is 0 Å². The second-order valence-electron chi connectivity index (χ2n) is 5.91. The lowest BCUT2D eigenvalue weighted by Crippen LogP contribution is -2.38. The van der Waals surface area contributed by atoms with Gasteiger partial charge in [-0.2, -0.15) is 4.57 Å². The average Bonchev–Trinajstić information content (AvgIpc) is 2.89. The van der Waals surface area contributed by atoms with E-state index in [0.717, 1.165) is 22.6 Å². The molecule has 0 atom stereocenters. The number of ketones is 1. The molecule has 23 heavy (non-hydrogen) atoms. The van der Waals surface area contributed by atoms with Gasteiger partial charge in [-0.05, 0) is 18.4 Å². The number of hydrogen-bond acceptors (Lipinski definition) is 3. The molecule has 0 unspecified atom stereocenters. The van der Waals surface area contributed by atoms with E-state index < -0.39 is 0 Å². The smallest absolute Gasteiger partial charge is 0.227 e. The zero-order valence-corrected chi connectivity index (χ0v) is 14.9. The quantitative estimate of drug-likeness (QED) is 0.434. The van der Waals surface area contributed by atoms with Gasteiger partial charge in [-0.1, -0.05) is 55.4 Å². The fraction of sp³-hybridized carbons (Fsp3) is 0.474. The van der Waals surface area contributed by atoms with Gasteiger partial charge in [0, 0.05) is 25.5 Å². The Hall–Kier alpha value is -1.52. The first-order valence-corrected chi connectivity index (χ1v) is 9.23. The summed E-state index contributed by atoms with van der Waals surface area (Å²) < 4.78 is 1.98. The molecule has 0 fully saturated rings. The normalized spacial score (nSPS) is 10.9. The Morgan fingerprint density at radius 2 is 1.91 bits per heavy atom. The molecular formula is C19H26NO2S+. The maximum atomic E-state index is 12.4. The Balaban J connectivity index is 1.98. The van der Waals surface area contributed by atoms with E-state index in [0.29, 0.717) is 13.0 Å². The van der Waals surface area contributed by atoms with Gasteiger partial charge in [0.1, 0.15) is 0 Å². The molecule has 1 heterocycles. The highest BCUT2D eigenvalue weighted by Crippen LogP contribution is 2.13. The molecule has 0 amide bonds. The van der Waals surface area contributed by atoms with Crippen molar-refractivity contribution in [2.45, 2.75) is 52.5 Å². The van der Waals surface area contributed by atoms with Crippen molar-refractivity contribution in [3.63, 3.8) is 0 Å². The van der Waals surface area contributed by atoms with Crippen molar-refractivity contribution in [2.75, 3.05) is 6.61 Å². The summed E-state index contributed by atoms with van der Waals surface area (Å²) in [6, 6.07) is 8.04. The molecule has 0 aliphatic carbocycles. The first-order valence-electron chi connectivity index (χ1n) is 8.35. The van der Waals surface area contributed by atoms with Gasteiger partial charge < -0.3 is 5.11 Å². The van der Waals surface area contributed by atoms with Crippen molar-refractivity contribution in [1.82, 2.24) is 0 Å². The molecule has 0 aliphatic rings. The van der Waals surface area contributed by atoms with Crippen molar-refractivity contribution in [2.24, 2.45) is 0 Å². The number of rotatable bonds is 9. The van der Waals surface area contributed by atoms with Crippen LogP contribution in [0.3, 0.4) is 0 Å². The Morgan fingerprint density at radius 1 is 1.17 bits per heavy atom. The third kappa shape index (κ3) is 4.98. The number of aliphatic hydroxyl groups excluding tert-OH is 1. The van der Waals surface area contributed by atoms with E-state index in [1.165, 1.54) is 24.8 Å². The Labute approximate surface area is 142 Å². The molecular weight excluding hydrogens is 306 g/mol. The van der Waals surface area contributed by atoms with Crippen LogP contribution in [0.1, 0.15) is 52.7 Å². The van der Waals surface area contributed by atoms with Gasteiger partial charge in [0.2, 0.25) is 17.8 Å². The summed E-state index contributed by atoms with van der Waals surface area (Å²) >= 11 is 1.60. The number of benzene rings is 1. The number of aromatic nitrogens is 1. The fourth-order valence-electron chi connectivity index (χ4n) is 2.63. The standard InChI is InChI=1S/C19H26NO2S/c1-3-4-5-6-16-7-9-17(10-8-16)18(22)13-20-14-23-19(11-12-21)15(20)2/h7-10,14,21H,3-6,11-13H2,1-2H3/q+1. The number of aryl methyl sites for hydroxylation is 1. The molecule has 2 rings (SSSR count). The molecule has 0 saturated heterocycles. The van der Waals surface area contributed by atoms with E-state index in [4.69, 9.17) is 5.11 Å². The van der Waals surface area contributed by atoms with Crippen LogP contribution < -0.4 is 4.57 Å². The van der Waals surface area contributed by atoms with Crippen molar-refractivity contribution in [3.05, 3.63) is 51.5 Å². The molecule has 1 aromatic carbocycles. The Morgan fingerprint density at radius 3 is 2.57 bits per heavy atom. The van der Waals surface area contributed by atoms with Gasteiger partial charge in [-0.15, -0.1) is 0 Å². The topological polar surface area (TPSA) is 41.2 Å². The van der Waals surface area contributed by atoms with Crippen LogP contribution in [0.5, 0.6) is 0 Å². The zero-order valence-electron chi connectivity index (χ0n) is 14.0. The molecule has 4 heteroatoms. The average molecular weight is 332 g/mol. The van der Waals surface area contributed by atoms with Crippen LogP contribution in [0.4, 0.5) is 0 Å². The third-order valence-corrected chi connectivity index (χ3v) is 5.30. The maximum Gasteiger partial charge on any atom is 0.227 e. The summed E-state index contributed by atoms with van der Waals surface area (Å²) in [4.78, 5) is 13.6. The van der Waals surface area contributed by atoms with E-state index in [2.05, 4.69) is 19.1 Å². The lowest BCUT2D eigenvalue weighted by Gasteiger charge is -2.03. The van der Waals surface area contributed by atoms with Gasteiger partial charge in [-0.25, -0.2) is 0 Å². The summed E-state index contributed by atoms with van der Waals surface area (Å²) in [5.41, 5.74) is 5.12. The molecule has 0 spiro atoms. The predicted octanol–water partition coefficient (Wildman–Crippen LogP) is 3.49. The molecule has 0 saturated carbocycles. The first kappa shape index (κ1) is 17.8. The van der Waals surface area contributed by atoms with Crippen LogP contribution in [-0.4, -0.2) is 17.5 Å². The van der Waals surface area contributed by atoms with Gasteiger partial charge in [-0.3, -0.25) is 4.79 Å². The molecule has 1 N–H and O–H groups in total. The number of thiazole rings is 1. The summed E-state index contributed by atoms with van der Waals surface area (Å²) in [6.45, 7) is 4.72. The number of aliphatic hydroxyl groups is 1. The van der Waals surface area contributed by atoms with Crippen molar-refractivity contribution < 1.29 is 14.5 Å². The maximum absolute atomic E-state index is 12.4. The fourth-order valence-corrected chi connectivity index (χ4v) is 3.62. The van der Waals surface area contributed by atoms with Crippen LogP contribution in [-0.2, 0) is 19.4 Å². The molecule has 124 valence electrons. The Kier molecular flexibility index (Phi) is 6.93. The summed E-state index contributed by atoms with van der Waals surface area (Å²) in [5, 5.41) is 9.05. The summed E-state index contributed by atoms with van der Waals surface area (Å²) in [5.74, 6) is 0.131. The largest absolute Gasteiger partial charge is 0.396 e. The van der Waals surface area contributed by atoms with Gasteiger partial charge >= 0.3 is 0 Å². The molecule has 0 radical (unpaired) electrons. The third-order valence-electron chi connectivity index (χ3n) is 4.15. The summed E-state index contributed by atoms with van der Waals surface area (Å²) in [6.07, 6.45) is 5.44. The van der Waals surface area contributed by atoms with Crippen LogP contribution >= 0.6 is 11.3 Å². The van der Waals surface area contributed by atoms with Crippen molar-refractivity contribution in [1.29, 1.82) is 0 Å².